The Labute approximate surface area is 170 Å². The van der Waals surface area contributed by atoms with Crippen molar-refractivity contribution in [3.63, 3.8) is 0 Å². The largest absolute Gasteiger partial charge is 0.445 e. The number of aromatic nitrogens is 2. The number of ether oxygens (including phenoxy) is 2. The zero-order chi connectivity index (χ0) is 20.9. The molecule has 0 spiro atoms. The van der Waals surface area contributed by atoms with Gasteiger partial charge in [-0.05, 0) is 26.3 Å². The van der Waals surface area contributed by atoms with E-state index in [1.807, 2.05) is 61.9 Å². The maximum Gasteiger partial charge on any atom is 0.410 e. The summed E-state index contributed by atoms with van der Waals surface area (Å²) in [5, 5.41) is 2.74. The van der Waals surface area contributed by atoms with Crippen LogP contribution >= 0.6 is 0 Å². The Balaban J connectivity index is 1.41. The van der Waals surface area contributed by atoms with Crippen molar-refractivity contribution in [2.75, 3.05) is 19.6 Å². The number of imidazole rings is 1. The van der Waals surface area contributed by atoms with E-state index in [-0.39, 0.29) is 18.6 Å². The average molecular weight is 400 g/mol. The van der Waals surface area contributed by atoms with Crippen molar-refractivity contribution in [2.24, 2.45) is 0 Å². The number of hydrogen-bond donors (Lipinski definition) is 1. The Bertz CT molecular complexity index is 823. The second-order valence-corrected chi connectivity index (χ2v) is 8.05. The Morgan fingerprint density at radius 3 is 2.62 bits per heavy atom. The van der Waals surface area contributed by atoms with Gasteiger partial charge in [0.25, 0.3) is 0 Å². The van der Waals surface area contributed by atoms with Gasteiger partial charge < -0.3 is 24.3 Å². The second-order valence-electron chi connectivity index (χ2n) is 8.05. The zero-order valence-corrected chi connectivity index (χ0v) is 17.1. The monoisotopic (exact) mass is 400 g/mol. The van der Waals surface area contributed by atoms with Gasteiger partial charge in [0, 0.05) is 38.6 Å². The van der Waals surface area contributed by atoms with Crippen LogP contribution in [0.25, 0.3) is 0 Å². The van der Waals surface area contributed by atoms with Gasteiger partial charge in [-0.3, -0.25) is 0 Å². The minimum Gasteiger partial charge on any atom is -0.445 e. The molecule has 1 saturated heterocycles. The van der Waals surface area contributed by atoms with E-state index in [2.05, 4.69) is 10.3 Å². The minimum atomic E-state index is -0.519. The van der Waals surface area contributed by atoms with Gasteiger partial charge in [-0.15, -0.1) is 0 Å². The molecule has 1 aliphatic rings. The fourth-order valence-electron chi connectivity index (χ4n) is 3.06. The summed E-state index contributed by atoms with van der Waals surface area (Å²) >= 11 is 0. The van der Waals surface area contributed by atoms with Crippen molar-refractivity contribution >= 4 is 12.2 Å². The van der Waals surface area contributed by atoms with E-state index in [1.165, 1.54) is 0 Å². The molecule has 1 N–H and O–H groups in total. The van der Waals surface area contributed by atoms with Crippen LogP contribution in [-0.2, 0) is 22.6 Å². The third-order valence-corrected chi connectivity index (χ3v) is 4.48. The second kappa shape index (κ2) is 8.98. The first-order chi connectivity index (χ1) is 13.8. The first-order valence-corrected chi connectivity index (χ1v) is 9.75. The molecule has 0 atom stereocenters. The molecular formula is C21H28N4O4. The standard InChI is InChI=1S/C21H28N4O4/c1-21(2,3)29-19(26)23-10-12-24-11-9-22-18(24)17-13-25(14-17)20(27)28-15-16-7-5-4-6-8-16/h4-9,11,17H,10,12-15H2,1-3H3,(H,23,26). The first kappa shape index (κ1) is 20.7. The molecule has 29 heavy (non-hydrogen) atoms. The lowest BCUT2D eigenvalue weighted by Crippen LogP contribution is -2.49. The zero-order valence-electron chi connectivity index (χ0n) is 17.1. The van der Waals surface area contributed by atoms with Gasteiger partial charge in [0.15, 0.2) is 0 Å². The van der Waals surface area contributed by atoms with E-state index in [1.54, 1.807) is 11.1 Å². The SMILES string of the molecule is CC(C)(C)OC(=O)NCCn1ccnc1C1CN(C(=O)OCc2ccccc2)C1. The van der Waals surface area contributed by atoms with Crippen molar-refractivity contribution < 1.29 is 19.1 Å². The van der Waals surface area contributed by atoms with Gasteiger partial charge in [0.2, 0.25) is 0 Å². The van der Waals surface area contributed by atoms with Crippen molar-refractivity contribution in [1.82, 2.24) is 19.8 Å². The molecule has 3 rings (SSSR count). The molecule has 0 radical (unpaired) electrons. The Kier molecular flexibility index (Phi) is 6.41. The fourth-order valence-corrected chi connectivity index (χ4v) is 3.06. The minimum absolute atomic E-state index is 0.163. The number of carbonyl (C=O) groups is 2. The Hall–Kier alpha value is -3.03. The third-order valence-electron chi connectivity index (χ3n) is 4.48. The van der Waals surface area contributed by atoms with Crippen LogP contribution in [0, 0.1) is 0 Å². The van der Waals surface area contributed by atoms with Crippen LogP contribution in [-0.4, -0.2) is 51.9 Å². The summed E-state index contributed by atoms with van der Waals surface area (Å²) in [6.45, 7) is 7.92. The van der Waals surface area contributed by atoms with Crippen LogP contribution in [0.1, 0.15) is 38.1 Å². The first-order valence-electron chi connectivity index (χ1n) is 9.75. The molecule has 1 aliphatic heterocycles. The highest BCUT2D eigenvalue weighted by Crippen LogP contribution is 2.26. The van der Waals surface area contributed by atoms with Crippen LogP contribution in [0.2, 0.25) is 0 Å². The van der Waals surface area contributed by atoms with Crippen molar-refractivity contribution in [3.8, 4) is 0 Å². The highest BCUT2D eigenvalue weighted by molar-refractivity contribution is 5.69. The molecule has 156 valence electrons. The lowest BCUT2D eigenvalue weighted by atomic mass is 10.00. The normalized spacial score (nSPS) is 14.2. The van der Waals surface area contributed by atoms with Crippen molar-refractivity contribution in [2.45, 2.75) is 45.4 Å². The third kappa shape index (κ3) is 5.97. The van der Waals surface area contributed by atoms with Crippen molar-refractivity contribution in [3.05, 3.63) is 54.1 Å². The van der Waals surface area contributed by atoms with Crippen molar-refractivity contribution in [1.29, 1.82) is 0 Å². The van der Waals surface area contributed by atoms with Crippen LogP contribution in [0.5, 0.6) is 0 Å². The number of benzene rings is 1. The van der Waals surface area contributed by atoms with E-state index < -0.39 is 11.7 Å². The molecule has 8 heteroatoms. The molecule has 0 aliphatic carbocycles. The summed E-state index contributed by atoms with van der Waals surface area (Å²) < 4.78 is 12.6. The molecule has 1 fully saturated rings. The molecule has 0 saturated carbocycles. The number of nitrogens with one attached hydrogen (secondary N) is 1. The molecule has 0 bridgehead atoms. The number of carbonyl (C=O) groups excluding carboxylic acids is 2. The van der Waals surface area contributed by atoms with Gasteiger partial charge in [-0.1, -0.05) is 30.3 Å². The van der Waals surface area contributed by atoms with Gasteiger partial charge in [-0.25, -0.2) is 14.6 Å². The quantitative estimate of drug-likeness (QED) is 0.805. The Morgan fingerprint density at radius 2 is 1.93 bits per heavy atom. The molecule has 2 aromatic rings. The lowest BCUT2D eigenvalue weighted by molar-refractivity contribution is 0.0523. The topological polar surface area (TPSA) is 85.7 Å². The average Bonchev–Trinajstić information content (AvgIpc) is 3.06. The number of rotatable bonds is 6. The molecule has 8 nitrogen and oxygen atoms in total. The van der Waals surface area contributed by atoms with Gasteiger partial charge in [-0.2, -0.15) is 0 Å². The molecular weight excluding hydrogens is 372 g/mol. The number of amides is 2. The number of alkyl carbamates (subject to hydrolysis) is 1. The molecule has 0 unspecified atom stereocenters. The maximum atomic E-state index is 12.2. The van der Waals surface area contributed by atoms with E-state index in [0.717, 1.165) is 11.4 Å². The summed E-state index contributed by atoms with van der Waals surface area (Å²) in [5.41, 5.74) is 0.445. The van der Waals surface area contributed by atoms with E-state index in [0.29, 0.717) is 26.2 Å². The van der Waals surface area contributed by atoms with E-state index in [9.17, 15) is 9.59 Å². The number of nitrogens with zero attached hydrogens (tertiary/aromatic N) is 3. The molecule has 2 amide bonds. The summed E-state index contributed by atoms with van der Waals surface area (Å²) in [4.78, 5) is 30.0. The predicted molar refractivity (Wildman–Crippen MR) is 107 cm³/mol. The summed E-state index contributed by atoms with van der Waals surface area (Å²) in [5.74, 6) is 1.07. The highest BCUT2D eigenvalue weighted by Gasteiger charge is 2.35. The molecule has 1 aromatic carbocycles. The maximum absolute atomic E-state index is 12.2. The van der Waals surface area contributed by atoms with Crippen LogP contribution in [0.3, 0.4) is 0 Å². The number of hydrogen-bond acceptors (Lipinski definition) is 5. The van der Waals surface area contributed by atoms with Crippen LogP contribution in [0.4, 0.5) is 9.59 Å². The fraction of sp³-hybridized carbons (Fsp3) is 0.476. The van der Waals surface area contributed by atoms with Crippen LogP contribution < -0.4 is 5.32 Å². The summed E-state index contributed by atoms with van der Waals surface area (Å²) in [6.07, 6.45) is 2.87. The number of likely N-dealkylation sites (tertiary alicyclic amines) is 1. The lowest BCUT2D eigenvalue weighted by Gasteiger charge is -2.38. The van der Waals surface area contributed by atoms with Gasteiger partial charge in [0.05, 0.1) is 5.92 Å². The molecule has 1 aromatic heterocycles. The predicted octanol–water partition coefficient (Wildman–Crippen LogP) is 3.14. The van der Waals surface area contributed by atoms with Gasteiger partial charge in [0.1, 0.15) is 18.0 Å². The summed E-state index contributed by atoms with van der Waals surface area (Å²) in [7, 11) is 0. The van der Waals surface area contributed by atoms with Crippen LogP contribution in [0.15, 0.2) is 42.7 Å². The Morgan fingerprint density at radius 1 is 1.21 bits per heavy atom. The van der Waals surface area contributed by atoms with E-state index in [4.69, 9.17) is 9.47 Å². The summed E-state index contributed by atoms with van der Waals surface area (Å²) in [6, 6.07) is 9.61. The molecule has 2 heterocycles. The smallest absolute Gasteiger partial charge is 0.410 e. The highest BCUT2D eigenvalue weighted by atomic mass is 16.6. The van der Waals surface area contributed by atoms with E-state index >= 15 is 0 Å². The van der Waals surface area contributed by atoms with Gasteiger partial charge >= 0.3 is 12.2 Å².